The topological polar surface area (TPSA) is 89.0 Å². The third kappa shape index (κ3) is 7.95. The van der Waals surface area contributed by atoms with Crippen molar-refractivity contribution in [2.75, 3.05) is 53.9 Å². The fraction of sp³-hybridized carbons (Fsp3) is 1.00. The van der Waals surface area contributed by atoms with E-state index in [1.807, 2.05) is 0 Å². The first-order chi connectivity index (χ1) is 8.69. The second-order valence-corrected chi connectivity index (χ2v) is 4.83. The molecule has 0 unspecified atom stereocenters. The van der Waals surface area contributed by atoms with Gasteiger partial charge in [0.15, 0.2) is 0 Å². The van der Waals surface area contributed by atoms with Crippen LogP contribution in [0, 0.1) is 11.8 Å². The Morgan fingerprint density at radius 3 is 1.35 bits per heavy atom. The Balaban J connectivity index is 0. The molecule has 124 valence electrons. The minimum atomic E-state index is 0. The Morgan fingerprint density at radius 1 is 0.800 bits per heavy atom. The Labute approximate surface area is 133 Å². The number of rotatable bonds is 4. The second kappa shape index (κ2) is 13.0. The maximum Gasteiger partial charge on any atom is 0.0622 e. The van der Waals surface area contributed by atoms with E-state index in [1.165, 1.54) is 0 Å². The molecule has 20 heavy (non-hydrogen) atoms. The molecule has 0 radical (unpaired) electrons. The fourth-order valence-corrected chi connectivity index (χ4v) is 2.00. The van der Waals surface area contributed by atoms with Gasteiger partial charge < -0.3 is 30.4 Å². The lowest BCUT2D eigenvalue weighted by atomic mass is 10.1. The summed E-state index contributed by atoms with van der Waals surface area (Å²) in [6.07, 6.45) is 0. The first-order valence-electron chi connectivity index (χ1n) is 6.33. The summed E-state index contributed by atoms with van der Waals surface area (Å²) < 4.78 is 20.1. The third-order valence-corrected chi connectivity index (χ3v) is 3.26. The van der Waals surface area contributed by atoms with Crippen molar-refractivity contribution in [2.24, 2.45) is 23.3 Å². The van der Waals surface area contributed by atoms with Gasteiger partial charge >= 0.3 is 0 Å². The molecule has 0 saturated carbocycles. The van der Waals surface area contributed by atoms with Gasteiger partial charge in [0.25, 0.3) is 0 Å². The zero-order valence-corrected chi connectivity index (χ0v) is 13.8. The minimum absolute atomic E-state index is 0. The highest BCUT2D eigenvalue weighted by Gasteiger charge is 2.24. The van der Waals surface area contributed by atoms with Crippen LogP contribution in [0.5, 0.6) is 0 Å². The van der Waals surface area contributed by atoms with Crippen LogP contribution < -0.4 is 11.5 Å². The average Bonchev–Trinajstić information content (AvgIpc) is 2.92. The van der Waals surface area contributed by atoms with Crippen molar-refractivity contribution in [1.29, 1.82) is 0 Å². The number of ether oxygens (including phenoxy) is 4. The largest absolute Gasteiger partial charge is 0.384 e. The number of methoxy groups -OCH3 is 2. The van der Waals surface area contributed by atoms with Crippen LogP contribution in [0.2, 0.25) is 0 Å². The number of hydrogen-bond acceptors (Lipinski definition) is 6. The van der Waals surface area contributed by atoms with Crippen LogP contribution in [-0.2, 0) is 18.9 Å². The fourth-order valence-electron chi connectivity index (χ4n) is 2.00. The van der Waals surface area contributed by atoms with E-state index in [-0.39, 0.29) is 36.9 Å². The summed E-state index contributed by atoms with van der Waals surface area (Å²) in [7, 11) is 3.37. The monoisotopic (exact) mass is 334 g/mol. The average molecular weight is 335 g/mol. The third-order valence-electron chi connectivity index (χ3n) is 3.26. The highest BCUT2D eigenvalue weighted by molar-refractivity contribution is 5.85. The smallest absolute Gasteiger partial charge is 0.0622 e. The molecule has 4 N–H and O–H groups in total. The van der Waals surface area contributed by atoms with E-state index in [1.54, 1.807) is 14.2 Å². The number of hydrogen-bond donors (Lipinski definition) is 2. The van der Waals surface area contributed by atoms with Gasteiger partial charge in [-0.15, -0.1) is 24.8 Å². The van der Waals surface area contributed by atoms with Crippen molar-refractivity contribution in [3.05, 3.63) is 0 Å². The molecule has 2 heterocycles. The van der Waals surface area contributed by atoms with Gasteiger partial charge in [-0.1, -0.05) is 0 Å². The zero-order chi connectivity index (χ0) is 13.4. The maximum absolute atomic E-state index is 5.66. The summed E-state index contributed by atoms with van der Waals surface area (Å²) in [6.45, 7) is 4.34. The van der Waals surface area contributed by atoms with Crippen LogP contribution in [0.15, 0.2) is 0 Å². The van der Waals surface area contributed by atoms with Crippen molar-refractivity contribution in [3.63, 3.8) is 0 Å². The lowest BCUT2D eigenvalue weighted by molar-refractivity contribution is 0.128. The van der Waals surface area contributed by atoms with E-state index in [9.17, 15) is 0 Å². The van der Waals surface area contributed by atoms with Gasteiger partial charge in [0.05, 0.1) is 39.6 Å². The van der Waals surface area contributed by atoms with Gasteiger partial charge in [-0.25, -0.2) is 0 Å². The molecule has 0 aromatic heterocycles. The molecule has 0 aromatic carbocycles. The molecular weight excluding hydrogens is 307 g/mol. The van der Waals surface area contributed by atoms with Crippen LogP contribution in [0.3, 0.4) is 0 Å². The molecular formula is C12H28Cl2N2O4. The Morgan fingerprint density at radius 2 is 1.15 bits per heavy atom. The van der Waals surface area contributed by atoms with E-state index in [4.69, 9.17) is 30.4 Å². The van der Waals surface area contributed by atoms with E-state index in [0.717, 1.165) is 26.4 Å². The first kappa shape index (κ1) is 22.6. The molecule has 0 bridgehead atoms. The van der Waals surface area contributed by atoms with Gasteiger partial charge in [0, 0.05) is 38.1 Å². The van der Waals surface area contributed by atoms with Gasteiger partial charge in [-0.3, -0.25) is 0 Å². The van der Waals surface area contributed by atoms with Crippen molar-refractivity contribution < 1.29 is 18.9 Å². The molecule has 0 aromatic rings. The van der Waals surface area contributed by atoms with Gasteiger partial charge in [-0.2, -0.15) is 0 Å². The summed E-state index contributed by atoms with van der Waals surface area (Å²) in [5.41, 5.74) is 11.3. The molecule has 6 nitrogen and oxygen atoms in total. The molecule has 2 saturated heterocycles. The molecule has 2 fully saturated rings. The lowest BCUT2D eigenvalue weighted by Crippen LogP contribution is -2.31. The highest BCUT2D eigenvalue weighted by Crippen LogP contribution is 2.11. The summed E-state index contributed by atoms with van der Waals surface area (Å²) >= 11 is 0. The summed E-state index contributed by atoms with van der Waals surface area (Å²) in [5.74, 6) is 0.824. The summed E-state index contributed by atoms with van der Waals surface area (Å²) in [5, 5.41) is 0. The Kier molecular flexibility index (Phi) is 14.7. The number of nitrogens with two attached hydrogens (primary N) is 2. The van der Waals surface area contributed by atoms with E-state index in [2.05, 4.69) is 0 Å². The first-order valence-corrected chi connectivity index (χ1v) is 6.33. The number of halogens is 2. The quantitative estimate of drug-likeness (QED) is 0.755. The predicted molar refractivity (Wildman–Crippen MR) is 82.8 cm³/mol. The summed E-state index contributed by atoms with van der Waals surface area (Å²) in [6, 6.07) is 0.370. The minimum Gasteiger partial charge on any atom is -0.384 e. The Hall–Kier alpha value is 0.340. The zero-order valence-electron chi connectivity index (χ0n) is 12.2. The molecule has 4 atom stereocenters. The van der Waals surface area contributed by atoms with Crippen molar-refractivity contribution in [3.8, 4) is 0 Å². The lowest BCUT2D eigenvalue weighted by Gasteiger charge is -2.10. The molecule has 2 rings (SSSR count). The van der Waals surface area contributed by atoms with Crippen LogP contribution in [0.1, 0.15) is 0 Å². The van der Waals surface area contributed by atoms with E-state index >= 15 is 0 Å². The second-order valence-electron chi connectivity index (χ2n) is 4.83. The molecule has 2 aliphatic heterocycles. The van der Waals surface area contributed by atoms with Crippen molar-refractivity contribution in [2.45, 2.75) is 12.1 Å². The van der Waals surface area contributed by atoms with Crippen LogP contribution >= 0.6 is 24.8 Å². The van der Waals surface area contributed by atoms with Gasteiger partial charge in [0.1, 0.15) is 0 Å². The molecule has 0 aliphatic carbocycles. The van der Waals surface area contributed by atoms with Crippen molar-refractivity contribution in [1.82, 2.24) is 0 Å². The standard InChI is InChI=1S/2C6H13NO2.2ClH/c2*1-8-2-5-3-9-4-6(5)7;;/h2*5-6H,2-4,7H2,1H3;2*1H/t2*5-,6+;;/m10../s1. The van der Waals surface area contributed by atoms with E-state index < -0.39 is 0 Å². The van der Waals surface area contributed by atoms with Crippen LogP contribution in [0.25, 0.3) is 0 Å². The van der Waals surface area contributed by atoms with Crippen LogP contribution in [-0.4, -0.2) is 65.9 Å². The molecule has 8 heteroatoms. The summed E-state index contributed by atoms with van der Waals surface area (Å²) in [4.78, 5) is 0. The molecule has 0 spiro atoms. The highest BCUT2D eigenvalue weighted by atomic mass is 35.5. The maximum atomic E-state index is 5.66. The molecule has 2 aliphatic rings. The Bertz CT molecular complexity index is 206. The normalized spacial score (nSPS) is 31.8. The van der Waals surface area contributed by atoms with Crippen molar-refractivity contribution >= 4 is 24.8 Å². The van der Waals surface area contributed by atoms with E-state index in [0.29, 0.717) is 25.0 Å². The molecule has 0 amide bonds. The van der Waals surface area contributed by atoms with Gasteiger partial charge in [0.2, 0.25) is 0 Å². The SMILES string of the molecule is COC[C@@H]1COC[C@@H]1N.COC[C@H]1COC[C@H]1N.Cl.Cl. The predicted octanol–water partition coefficient (Wildman–Crippen LogP) is 0.0566. The van der Waals surface area contributed by atoms with Gasteiger partial charge in [-0.05, 0) is 0 Å². The van der Waals surface area contributed by atoms with Crippen LogP contribution in [0.4, 0.5) is 0 Å².